The number of ether oxygens (including phenoxy) is 1. The highest BCUT2D eigenvalue weighted by Gasteiger charge is 2.35. The molecule has 0 aromatic heterocycles. The molecular weight excluding hydrogens is 288 g/mol. The first-order valence-electron chi connectivity index (χ1n) is 9.17. The number of rotatable bonds is 4. The van der Waals surface area contributed by atoms with Crippen LogP contribution < -0.4 is 10.6 Å². The van der Waals surface area contributed by atoms with Crippen LogP contribution in [0.15, 0.2) is 4.99 Å². The molecule has 2 rings (SSSR count). The first-order chi connectivity index (χ1) is 10.9. The minimum atomic E-state index is 0.170. The second-order valence-electron chi connectivity index (χ2n) is 7.92. The average Bonchev–Trinajstić information content (AvgIpc) is 2.51. The maximum absolute atomic E-state index is 5.55. The molecule has 5 nitrogen and oxygen atoms in total. The van der Waals surface area contributed by atoms with Gasteiger partial charge in [0.15, 0.2) is 5.96 Å². The number of likely N-dealkylation sites (N-methyl/N-ethyl adjacent to an activating group) is 1. The van der Waals surface area contributed by atoms with E-state index in [-0.39, 0.29) is 5.54 Å². The molecule has 1 aliphatic heterocycles. The summed E-state index contributed by atoms with van der Waals surface area (Å²) in [5.41, 5.74) is 0.170. The van der Waals surface area contributed by atoms with Crippen molar-refractivity contribution in [3.05, 3.63) is 0 Å². The van der Waals surface area contributed by atoms with Gasteiger partial charge >= 0.3 is 0 Å². The zero-order chi connectivity index (χ0) is 16.9. The van der Waals surface area contributed by atoms with E-state index in [0.29, 0.717) is 6.04 Å². The van der Waals surface area contributed by atoms with Gasteiger partial charge in [-0.3, -0.25) is 4.99 Å². The van der Waals surface area contributed by atoms with Crippen molar-refractivity contribution < 1.29 is 4.74 Å². The minimum Gasteiger partial charge on any atom is -0.381 e. The summed E-state index contributed by atoms with van der Waals surface area (Å²) in [6, 6.07) is 0.546. The Morgan fingerprint density at radius 3 is 2.26 bits per heavy atom. The molecule has 0 radical (unpaired) electrons. The van der Waals surface area contributed by atoms with E-state index in [2.05, 4.69) is 48.5 Å². The first kappa shape index (κ1) is 18.5. The van der Waals surface area contributed by atoms with Crippen LogP contribution in [0.2, 0.25) is 0 Å². The van der Waals surface area contributed by atoms with Crippen LogP contribution in [-0.2, 0) is 4.74 Å². The first-order valence-corrected chi connectivity index (χ1v) is 9.17. The Hall–Kier alpha value is -0.810. The molecule has 2 aliphatic rings. The van der Waals surface area contributed by atoms with Crippen molar-refractivity contribution >= 4 is 5.96 Å². The fourth-order valence-electron chi connectivity index (χ4n) is 4.23. The second kappa shape index (κ2) is 8.34. The highest BCUT2D eigenvalue weighted by molar-refractivity contribution is 5.80. The van der Waals surface area contributed by atoms with Gasteiger partial charge in [0.25, 0.3) is 0 Å². The lowest BCUT2D eigenvalue weighted by Gasteiger charge is -2.43. The van der Waals surface area contributed by atoms with Gasteiger partial charge in [0.1, 0.15) is 0 Å². The number of guanidine groups is 1. The van der Waals surface area contributed by atoms with Gasteiger partial charge in [-0.2, -0.15) is 0 Å². The number of hydrogen-bond donors (Lipinski definition) is 2. The maximum atomic E-state index is 5.55. The van der Waals surface area contributed by atoms with Crippen molar-refractivity contribution in [2.24, 2.45) is 16.8 Å². The summed E-state index contributed by atoms with van der Waals surface area (Å²) in [7, 11) is 6.22. The normalized spacial score (nSPS) is 31.9. The number of nitrogens with one attached hydrogen (secondary N) is 2. The third-order valence-electron chi connectivity index (χ3n) is 5.70. The van der Waals surface area contributed by atoms with Gasteiger partial charge in [0, 0.05) is 38.4 Å². The van der Waals surface area contributed by atoms with Crippen LogP contribution in [0, 0.1) is 11.8 Å². The van der Waals surface area contributed by atoms with Crippen molar-refractivity contribution in [2.75, 3.05) is 40.9 Å². The molecule has 0 aromatic carbocycles. The molecule has 1 saturated heterocycles. The van der Waals surface area contributed by atoms with Crippen LogP contribution in [0.25, 0.3) is 0 Å². The van der Waals surface area contributed by atoms with E-state index >= 15 is 0 Å². The zero-order valence-corrected chi connectivity index (χ0v) is 15.7. The quantitative estimate of drug-likeness (QED) is 0.614. The van der Waals surface area contributed by atoms with Gasteiger partial charge in [0.2, 0.25) is 0 Å². The van der Waals surface area contributed by atoms with Gasteiger partial charge in [-0.25, -0.2) is 0 Å². The average molecular weight is 325 g/mol. The van der Waals surface area contributed by atoms with E-state index in [1.54, 1.807) is 0 Å². The van der Waals surface area contributed by atoms with Crippen LogP contribution in [0.3, 0.4) is 0 Å². The Balaban J connectivity index is 1.89. The SMILES string of the molecule is CN=C(NCC1(N(C)C)CCOCC1)NC1CC(C)CC(C)C1. The molecule has 23 heavy (non-hydrogen) atoms. The Labute approximate surface area is 142 Å². The summed E-state index contributed by atoms with van der Waals surface area (Å²) in [5, 5.41) is 7.23. The van der Waals surface area contributed by atoms with Crippen LogP contribution in [0.5, 0.6) is 0 Å². The zero-order valence-electron chi connectivity index (χ0n) is 15.7. The molecule has 0 bridgehead atoms. The van der Waals surface area contributed by atoms with Crippen LogP contribution >= 0.6 is 0 Å². The largest absolute Gasteiger partial charge is 0.381 e. The van der Waals surface area contributed by atoms with E-state index in [0.717, 1.165) is 50.4 Å². The van der Waals surface area contributed by atoms with Crippen LogP contribution in [0.1, 0.15) is 46.0 Å². The standard InChI is InChI=1S/C18H36N4O/c1-14-10-15(2)12-16(11-14)21-17(19-3)20-13-18(22(4)5)6-8-23-9-7-18/h14-16H,6-13H2,1-5H3,(H2,19,20,21). The molecule has 0 amide bonds. The third kappa shape index (κ3) is 5.08. The molecule has 2 unspecified atom stereocenters. The van der Waals surface area contributed by atoms with Gasteiger partial charge in [-0.1, -0.05) is 13.8 Å². The second-order valence-corrected chi connectivity index (χ2v) is 7.92. The minimum absolute atomic E-state index is 0.170. The lowest BCUT2D eigenvalue weighted by molar-refractivity contribution is -0.00504. The van der Waals surface area contributed by atoms with Crippen molar-refractivity contribution in [2.45, 2.75) is 57.5 Å². The Kier molecular flexibility index (Phi) is 6.72. The van der Waals surface area contributed by atoms with Gasteiger partial charge in [-0.05, 0) is 58.0 Å². The van der Waals surface area contributed by atoms with E-state index in [1.165, 1.54) is 19.3 Å². The number of hydrogen-bond acceptors (Lipinski definition) is 3. The molecule has 1 aliphatic carbocycles. The van der Waals surface area contributed by atoms with E-state index in [9.17, 15) is 0 Å². The maximum Gasteiger partial charge on any atom is 0.191 e. The summed E-state index contributed by atoms with van der Waals surface area (Å²) >= 11 is 0. The molecule has 5 heteroatoms. The highest BCUT2D eigenvalue weighted by atomic mass is 16.5. The summed E-state index contributed by atoms with van der Waals surface area (Å²) in [4.78, 5) is 6.80. The van der Waals surface area contributed by atoms with E-state index in [4.69, 9.17) is 4.74 Å². The molecule has 1 saturated carbocycles. The van der Waals surface area contributed by atoms with Crippen molar-refractivity contribution in [3.8, 4) is 0 Å². The smallest absolute Gasteiger partial charge is 0.191 e. The van der Waals surface area contributed by atoms with Crippen LogP contribution in [0.4, 0.5) is 0 Å². The fraction of sp³-hybridized carbons (Fsp3) is 0.944. The fourth-order valence-corrected chi connectivity index (χ4v) is 4.23. The Bertz CT molecular complexity index is 380. The highest BCUT2D eigenvalue weighted by Crippen LogP contribution is 2.28. The molecule has 1 heterocycles. The summed E-state index contributed by atoms with van der Waals surface area (Å²) in [6.45, 7) is 7.35. The van der Waals surface area contributed by atoms with Crippen LogP contribution in [-0.4, -0.2) is 63.3 Å². The topological polar surface area (TPSA) is 48.9 Å². The van der Waals surface area contributed by atoms with Crippen molar-refractivity contribution in [1.82, 2.24) is 15.5 Å². The van der Waals surface area contributed by atoms with Gasteiger partial charge in [-0.15, -0.1) is 0 Å². The van der Waals surface area contributed by atoms with Crippen molar-refractivity contribution in [3.63, 3.8) is 0 Å². The van der Waals surface area contributed by atoms with E-state index in [1.807, 2.05) is 7.05 Å². The van der Waals surface area contributed by atoms with Crippen molar-refractivity contribution in [1.29, 1.82) is 0 Å². The molecule has 134 valence electrons. The molecule has 0 aromatic rings. The predicted molar refractivity (Wildman–Crippen MR) is 96.9 cm³/mol. The Morgan fingerprint density at radius 1 is 1.13 bits per heavy atom. The third-order valence-corrected chi connectivity index (χ3v) is 5.70. The predicted octanol–water partition coefficient (Wildman–Crippen LogP) is 2.09. The van der Waals surface area contributed by atoms with Gasteiger partial charge in [0.05, 0.1) is 0 Å². The molecule has 2 fully saturated rings. The number of nitrogens with zero attached hydrogens (tertiary/aromatic N) is 2. The monoisotopic (exact) mass is 324 g/mol. The molecule has 0 spiro atoms. The van der Waals surface area contributed by atoms with E-state index < -0.39 is 0 Å². The molecule has 2 atom stereocenters. The summed E-state index contributed by atoms with van der Waals surface area (Å²) in [6.07, 6.45) is 5.99. The van der Waals surface area contributed by atoms with Gasteiger partial charge < -0.3 is 20.3 Å². The molecular formula is C18H36N4O. The summed E-state index contributed by atoms with van der Waals surface area (Å²) in [5.74, 6) is 2.56. The summed E-state index contributed by atoms with van der Waals surface area (Å²) < 4.78 is 5.55. The lowest BCUT2D eigenvalue weighted by Crippen LogP contribution is -2.58. The number of aliphatic imine (C=N–C) groups is 1. The molecule has 2 N–H and O–H groups in total. The lowest BCUT2D eigenvalue weighted by atomic mass is 9.80. The Morgan fingerprint density at radius 2 is 1.74 bits per heavy atom.